The maximum Gasteiger partial charge on any atom is 0.227 e. The zero-order valence-electron chi connectivity index (χ0n) is 17.3. The van der Waals surface area contributed by atoms with Gasteiger partial charge >= 0.3 is 0 Å². The zero-order valence-corrected chi connectivity index (χ0v) is 17.3. The summed E-state index contributed by atoms with van der Waals surface area (Å²) in [6, 6.07) is 18.5. The van der Waals surface area contributed by atoms with Gasteiger partial charge in [0.15, 0.2) is 0 Å². The maximum atomic E-state index is 12.0. The highest BCUT2D eigenvalue weighted by molar-refractivity contribution is 5.95. The van der Waals surface area contributed by atoms with Gasteiger partial charge in [0.05, 0.1) is 0 Å². The highest BCUT2D eigenvalue weighted by atomic mass is 16.2. The first kappa shape index (κ1) is 19.2. The molecule has 5 rings (SSSR count). The summed E-state index contributed by atoms with van der Waals surface area (Å²) >= 11 is 0. The van der Waals surface area contributed by atoms with Crippen LogP contribution in [0.25, 0.3) is 22.3 Å². The predicted molar refractivity (Wildman–Crippen MR) is 123 cm³/mol. The Balaban J connectivity index is 1.31. The van der Waals surface area contributed by atoms with Crippen molar-refractivity contribution in [2.75, 3.05) is 11.4 Å². The second-order valence-corrected chi connectivity index (χ2v) is 7.87. The number of carbonyl (C=O) groups is 1. The summed E-state index contributed by atoms with van der Waals surface area (Å²) in [4.78, 5) is 22.7. The molecule has 1 amide bonds. The van der Waals surface area contributed by atoms with E-state index in [4.69, 9.17) is 0 Å². The molecular weight excluding hydrogens is 384 g/mol. The standard InChI is InChI=1S/C26H24N4O/c31-26-5-3-13-30(26)25-8-6-20(7-9-25)22-16-23(18-27-17-22)21-10-14-29(19-21)15-11-24-4-1-2-12-28-24/h1-2,4,6-10,12,14,16-19H,3,5,11,13,15H2. The molecule has 5 heteroatoms. The fourth-order valence-electron chi connectivity index (χ4n) is 4.05. The summed E-state index contributed by atoms with van der Waals surface area (Å²) in [5.74, 6) is 0.212. The first-order chi connectivity index (χ1) is 15.3. The van der Waals surface area contributed by atoms with Gasteiger partial charge in [-0.1, -0.05) is 18.2 Å². The number of benzene rings is 1. The van der Waals surface area contributed by atoms with Crippen LogP contribution >= 0.6 is 0 Å². The van der Waals surface area contributed by atoms with Crippen molar-refractivity contribution < 1.29 is 4.79 Å². The van der Waals surface area contributed by atoms with Crippen molar-refractivity contribution in [3.05, 3.63) is 91.3 Å². The van der Waals surface area contributed by atoms with Crippen molar-refractivity contribution in [3.8, 4) is 22.3 Å². The SMILES string of the molecule is O=C1CCCN1c1ccc(-c2cncc(-c3ccn(CCc4ccccn4)c3)c2)cc1. The molecule has 1 aliphatic heterocycles. The van der Waals surface area contributed by atoms with E-state index in [0.717, 1.165) is 59.6 Å². The molecule has 0 saturated carbocycles. The molecule has 0 N–H and O–H groups in total. The van der Waals surface area contributed by atoms with Gasteiger partial charge in [0.2, 0.25) is 5.91 Å². The zero-order chi connectivity index (χ0) is 21.0. The minimum Gasteiger partial charge on any atom is -0.353 e. The lowest BCUT2D eigenvalue weighted by molar-refractivity contribution is -0.117. The molecular formula is C26H24N4O. The average molecular weight is 409 g/mol. The number of nitrogens with zero attached hydrogens (tertiary/aromatic N) is 4. The van der Waals surface area contributed by atoms with Crippen LogP contribution in [-0.4, -0.2) is 27.0 Å². The van der Waals surface area contributed by atoms with Crippen LogP contribution in [0.1, 0.15) is 18.5 Å². The fraction of sp³-hybridized carbons (Fsp3) is 0.192. The molecule has 31 heavy (non-hydrogen) atoms. The van der Waals surface area contributed by atoms with E-state index in [9.17, 15) is 4.79 Å². The molecule has 1 aliphatic rings. The first-order valence-electron chi connectivity index (χ1n) is 10.7. The molecule has 1 fully saturated rings. The number of anilines is 1. The molecule has 0 atom stereocenters. The van der Waals surface area contributed by atoms with Gasteiger partial charge in [-0.2, -0.15) is 0 Å². The Morgan fingerprint density at radius 2 is 1.74 bits per heavy atom. The quantitative estimate of drug-likeness (QED) is 0.452. The molecule has 3 aromatic heterocycles. The summed E-state index contributed by atoms with van der Waals surface area (Å²) in [5, 5.41) is 0. The number of pyridine rings is 2. The third kappa shape index (κ3) is 4.26. The van der Waals surface area contributed by atoms with E-state index in [-0.39, 0.29) is 5.91 Å². The lowest BCUT2D eigenvalue weighted by Crippen LogP contribution is -2.23. The van der Waals surface area contributed by atoms with E-state index in [1.165, 1.54) is 0 Å². The predicted octanol–water partition coefficient (Wildman–Crippen LogP) is 4.98. The van der Waals surface area contributed by atoms with Crippen LogP contribution in [0, 0.1) is 0 Å². The summed E-state index contributed by atoms with van der Waals surface area (Å²) in [5.41, 5.74) is 6.47. The van der Waals surface area contributed by atoms with Crippen LogP contribution in [0.3, 0.4) is 0 Å². The Labute approximate surface area is 182 Å². The second-order valence-electron chi connectivity index (χ2n) is 7.87. The minimum atomic E-state index is 0.212. The molecule has 0 unspecified atom stereocenters. The number of aryl methyl sites for hydroxylation is 2. The van der Waals surface area contributed by atoms with Crippen molar-refractivity contribution in [2.45, 2.75) is 25.8 Å². The second kappa shape index (κ2) is 8.56. The van der Waals surface area contributed by atoms with E-state index in [2.05, 4.69) is 57.3 Å². The van der Waals surface area contributed by atoms with E-state index >= 15 is 0 Å². The largest absolute Gasteiger partial charge is 0.353 e. The summed E-state index contributed by atoms with van der Waals surface area (Å²) in [6.07, 6.45) is 12.4. The monoisotopic (exact) mass is 408 g/mol. The number of hydrogen-bond acceptors (Lipinski definition) is 3. The summed E-state index contributed by atoms with van der Waals surface area (Å²) in [7, 11) is 0. The number of hydrogen-bond donors (Lipinski definition) is 0. The third-order valence-corrected chi connectivity index (χ3v) is 5.76. The smallest absolute Gasteiger partial charge is 0.227 e. The Hall–Kier alpha value is -3.73. The van der Waals surface area contributed by atoms with Gasteiger partial charge < -0.3 is 9.47 Å². The fourth-order valence-corrected chi connectivity index (χ4v) is 4.05. The van der Waals surface area contributed by atoms with Crippen LogP contribution in [0.2, 0.25) is 0 Å². The third-order valence-electron chi connectivity index (χ3n) is 5.76. The van der Waals surface area contributed by atoms with E-state index < -0.39 is 0 Å². The van der Waals surface area contributed by atoms with Crippen LogP contribution in [-0.2, 0) is 17.8 Å². The summed E-state index contributed by atoms with van der Waals surface area (Å²) in [6.45, 7) is 1.70. The molecule has 1 saturated heterocycles. The average Bonchev–Trinajstić information content (AvgIpc) is 3.48. The van der Waals surface area contributed by atoms with Crippen LogP contribution in [0.15, 0.2) is 85.6 Å². The molecule has 0 radical (unpaired) electrons. The van der Waals surface area contributed by atoms with Gasteiger partial charge in [-0.15, -0.1) is 0 Å². The van der Waals surface area contributed by atoms with Gasteiger partial charge in [0, 0.05) is 85.0 Å². The Bertz CT molecular complexity index is 1180. The Kier molecular flexibility index (Phi) is 5.31. The molecule has 154 valence electrons. The number of amides is 1. The molecule has 0 bridgehead atoms. The van der Waals surface area contributed by atoms with Gasteiger partial charge in [0.1, 0.15) is 0 Å². The van der Waals surface area contributed by atoms with Crippen LogP contribution in [0.5, 0.6) is 0 Å². The van der Waals surface area contributed by atoms with Gasteiger partial charge in [0.25, 0.3) is 0 Å². The van der Waals surface area contributed by atoms with E-state index in [0.29, 0.717) is 6.42 Å². The van der Waals surface area contributed by atoms with Crippen molar-refractivity contribution in [1.82, 2.24) is 14.5 Å². The Morgan fingerprint density at radius 1 is 0.903 bits per heavy atom. The first-order valence-corrected chi connectivity index (χ1v) is 10.7. The van der Waals surface area contributed by atoms with Crippen molar-refractivity contribution in [1.29, 1.82) is 0 Å². The van der Waals surface area contributed by atoms with E-state index in [1.807, 2.05) is 47.8 Å². The van der Waals surface area contributed by atoms with Crippen molar-refractivity contribution >= 4 is 11.6 Å². The molecule has 1 aromatic carbocycles. The highest BCUT2D eigenvalue weighted by Crippen LogP contribution is 2.28. The molecule has 0 aliphatic carbocycles. The van der Waals surface area contributed by atoms with E-state index in [1.54, 1.807) is 0 Å². The molecule has 5 nitrogen and oxygen atoms in total. The van der Waals surface area contributed by atoms with Gasteiger partial charge in [-0.3, -0.25) is 14.8 Å². The normalized spacial score (nSPS) is 13.7. The Morgan fingerprint density at radius 3 is 2.48 bits per heavy atom. The van der Waals surface area contributed by atoms with Crippen LogP contribution in [0.4, 0.5) is 5.69 Å². The maximum absolute atomic E-state index is 12.0. The molecule has 4 heterocycles. The lowest BCUT2D eigenvalue weighted by Gasteiger charge is -2.16. The summed E-state index contributed by atoms with van der Waals surface area (Å²) < 4.78 is 2.19. The highest BCUT2D eigenvalue weighted by Gasteiger charge is 2.21. The molecule has 4 aromatic rings. The lowest BCUT2D eigenvalue weighted by atomic mass is 10.0. The van der Waals surface area contributed by atoms with Gasteiger partial charge in [-0.05, 0) is 48.4 Å². The minimum absolute atomic E-state index is 0.212. The number of aromatic nitrogens is 3. The van der Waals surface area contributed by atoms with Gasteiger partial charge in [-0.25, -0.2) is 0 Å². The van der Waals surface area contributed by atoms with Crippen molar-refractivity contribution in [2.24, 2.45) is 0 Å². The van der Waals surface area contributed by atoms with Crippen molar-refractivity contribution in [3.63, 3.8) is 0 Å². The molecule has 0 spiro atoms. The number of rotatable bonds is 6. The van der Waals surface area contributed by atoms with Crippen LogP contribution < -0.4 is 4.90 Å². The topological polar surface area (TPSA) is 51.0 Å². The number of carbonyl (C=O) groups excluding carboxylic acids is 1.